The summed E-state index contributed by atoms with van der Waals surface area (Å²) in [7, 11) is 1.71. The van der Waals surface area contributed by atoms with Crippen molar-refractivity contribution in [2.24, 2.45) is 0 Å². The van der Waals surface area contributed by atoms with Gasteiger partial charge in [0.25, 0.3) is 5.91 Å². The van der Waals surface area contributed by atoms with Crippen molar-refractivity contribution in [2.75, 3.05) is 7.05 Å². The van der Waals surface area contributed by atoms with E-state index in [-0.39, 0.29) is 18.5 Å². The second-order valence-corrected chi connectivity index (χ2v) is 5.97. The molecule has 0 radical (unpaired) electrons. The zero-order valence-corrected chi connectivity index (χ0v) is 13.2. The standard InChI is InChI=1S/C16H21N5O2/c1-20(16(23)12-7-3-2-4-8-12)11-15-17-19-21(18-15)13-9-5-6-10-14(13)22/h2-4,7-8,13-14,22H,5-6,9-11H2,1H3/t13-,14+/m1/s1. The molecule has 7 nitrogen and oxygen atoms in total. The van der Waals surface area contributed by atoms with Crippen LogP contribution in [0, 0.1) is 0 Å². The molecule has 1 saturated carbocycles. The number of hydrogen-bond donors (Lipinski definition) is 1. The number of amides is 1. The van der Waals surface area contributed by atoms with E-state index in [9.17, 15) is 9.90 Å². The normalized spacial score (nSPS) is 21.1. The van der Waals surface area contributed by atoms with Gasteiger partial charge >= 0.3 is 0 Å². The second-order valence-electron chi connectivity index (χ2n) is 5.97. The Morgan fingerprint density at radius 1 is 1.30 bits per heavy atom. The highest BCUT2D eigenvalue weighted by molar-refractivity contribution is 5.93. The van der Waals surface area contributed by atoms with E-state index in [1.807, 2.05) is 18.2 Å². The number of carbonyl (C=O) groups is 1. The largest absolute Gasteiger partial charge is 0.391 e. The van der Waals surface area contributed by atoms with E-state index in [0.29, 0.717) is 11.4 Å². The van der Waals surface area contributed by atoms with Gasteiger partial charge < -0.3 is 10.0 Å². The Kier molecular flexibility index (Phi) is 4.66. The summed E-state index contributed by atoms with van der Waals surface area (Å²) < 4.78 is 0. The van der Waals surface area contributed by atoms with E-state index in [4.69, 9.17) is 0 Å². The maximum atomic E-state index is 12.3. The van der Waals surface area contributed by atoms with Crippen molar-refractivity contribution in [1.82, 2.24) is 25.1 Å². The van der Waals surface area contributed by atoms with E-state index >= 15 is 0 Å². The fraction of sp³-hybridized carbons (Fsp3) is 0.500. The smallest absolute Gasteiger partial charge is 0.254 e. The molecular weight excluding hydrogens is 294 g/mol. The molecule has 2 aromatic rings. The average Bonchev–Trinajstić information content (AvgIpc) is 3.03. The van der Waals surface area contributed by atoms with E-state index in [2.05, 4.69) is 15.4 Å². The minimum Gasteiger partial charge on any atom is -0.391 e. The number of aromatic nitrogens is 4. The highest BCUT2D eigenvalue weighted by atomic mass is 16.3. The molecule has 122 valence electrons. The molecule has 7 heteroatoms. The zero-order valence-electron chi connectivity index (χ0n) is 13.2. The Balaban J connectivity index is 1.65. The Hall–Kier alpha value is -2.28. The molecule has 2 atom stereocenters. The molecule has 1 heterocycles. The van der Waals surface area contributed by atoms with Gasteiger partial charge in [0.15, 0.2) is 5.82 Å². The number of aliphatic hydroxyl groups is 1. The van der Waals surface area contributed by atoms with Gasteiger partial charge in [0.05, 0.1) is 18.7 Å². The van der Waals surface area contributed by atoms with E-state index < -0.39 is 6.10 Å². The van der Waals surface area contributed by atoms with Gasteiger partial charge in [-0.05, 0) is 30.2 Å². The summed E-state index contributed by atoms with van der Waals surface area (Å²) in [5.74, 6) is 0.397. The average molecular weight is 315 g/mol. The van der Waals surface area contributed by atoms with Crippen molar-refractivity contribution in [3.05, 3.63) is 41.7 Å². The van der Waals surface area contributed by atoms with Crippen LogP contribution < -0.4 is 0 Å². The lowest BCUT2D eigenvalue weighted by Crippen LogP contribution is -2.29. The molecule has 0 bridgehead atoms. The third-order valence-electron chi connectivity index (χ3n) is 4.21. The van der Waals surface area contributed by atoms with Crippen LogP contribution in [0.4, 0.5) is 0 Å². The molecule has 23 heavy (non-hydrogen) atoms. The van der Waals surface area contributed by atoms with Crippen molar-refractivity contribution >= 4 is 5.91 Å². The quantitative estimate of drug-likeness (QED) is 0.922. The van der Waals surface area contributed by atoms with E-state index in [0.717, 1.165) is 25.7 Å². The molecular formula is C16H21N5O2. The number of tetrazole rings is 1. The zero-order chi connectivity index (χ0) is 16.2. The molecule has 1 aliphatic rings. The van der Waals surface area contributed by atoms with Gasteiger partial charge in [0.1, 0.15) is 0 Å². The predicted octanol–water partition coefficient (Wildman–Crippen LogP) is 1.42. The van der Waals surface area contributed by atoms with Crippen LogP contribution in [0.15, 0.2) is 30.3 Å². The topological polar surface area (TPSA) is 84.1 Å². The first-order chi connectivity index (χ1) is 11.1. The molecule has 0 spiro atoms. The Labute approximate surface area is 134 Å². The summed E-state index contributed by atoms with van der Waals surface area (Å²) in [6.07, 6.45) is 3.30. The molecule has 0 unspecified atom stereocenters. The van der Waals surface area contributed by atoms with Gasteiger partial charge in [0.2, 0.25) is 0 Å². The molecule has 0 saturated heterocycles. The molecule has 3 rings (SSSR count). The van der Waals surface area contributed by atoms with Crippen molar-refractivity contribution in [3.63, 3.8) is 0 Å². The lowest BCUT2D eigenvalue weighted by atomic mass is 9.93. The lowest BCUT2D eigenvalue weighted by Gasteiger charge is -2.25. The van der Waals surface area contributed by atoms with Crippen LogP contribution in [0.3, 0.4) is 0 Å². The molecule has 1 fully saturated rings. The summed E-state index contributed by atoms with van der Waals surface area (Å²) in [5.41, 5.74) is 0.630. The van der Waals surface area contributed by atoms with Crippen LogP contribution >= 0.6 is 0 Å². The number of hydrogen-bond acceptors (Lipinski definition) is 5. The highest BCUT2D eigenvalue weighted by Crippen LogP contribution is 2.27. The Morgan fingerprint density at radius 2 is 2.04 bits per heavy atom. The minimum absolute atomic E-state index is 0.0837. The maximum Gasteiger partial charge on any atom is 0.254 e. The number of aliphatic hydroxyl groups excluding tert-OH is 1. The minimum atomic E-state index is -0.422. The number of nitrogens with zero attached hydrogens (tertiary/aromatic N) is 5. The van der Waals surface area contributed by atoms with Crippen molar-refractivity contribution < 1.29 is 9.90 Å². The molecule has 1 N–H and O–H groups in total. The van der Waals surface area contributed by atoms with Gasteiger partial charge in [-0.15, -0.1) is 10.2 Å². The maximum absolute atomic E-state index is 12.3. The van der Waals surface area contributed by atoms with Gasteiger partial charge in [-0.3, -0.25) is 4.79 Å². The first kappa shape index (κ1) is 15.6. The van der Waals surface area contributed by atoms with Gasteiger partial charge in [-0.2, -0.15) is 4.80 Å². The summed E-state index contributed by atoms with van der Waals surface area (Å²) >= 11 is 0. The number of carbonyl (C=O) groups excluding carboxylic acids is 1. The number of benzene rings is 1. The Morgan fingerprint density at radius 3 is 2.78 bits per heavy atom. The summed E-state index contributed by atoms with van der Waals surface area (Å²) in [5, 5.41) is 22.5. The molecule has 1 aliphatic carbocycles. The highest BCUT2D eigenvalue weighted by Gasteiger charge is 2.27. The van der Waals surface area contributed by atoms with Crippen molar-refractivity contribution in [1.29, 1.82) is 0 Å². The van der Waals surface area contributed by atoms with Crippen LogP contribution in [-0.4, -0.2) is 49.3 Å². The first-order valence-electron chi connectivity index (χ1n) is 7.92. The summed E-state index contributed by atoms with van der Waals surface area (Å²) in [6, 6.07) is 8.99. The number of rotatable bonds is 4. The molecule has 0 aliphatic heterocycles. The van der Waals surface area contributed by atoms with E-state index in [1.165, 1.54) is 4.80 Å². The van der Waals surface area contributed by atoms with Crippen LogP contribution in [0.5, 0.6) is 0 Å². The van der Waals surface area contributed by atoms with Gasteiger partial charge in [-0.25, -0.2) is 0 Å². The van der Waals surface area contributed by atoms with Crippen LogP contribution in [0.25, 0.3) is 0 Å². The first-order valence-corrected chi connectivity index (χ1v) is 7.92. The van der Waals surface area contributed by atoms with Crippen molar-refractivity contribution in [2.45, 2.75) is 44.4 Å². The molecule has 1 amide bonds. The summed E-state index contributed by atoms with van der Waals surface area (Å²) in [6.45, 7) is 0.288. The SMILES string of the molecule is CN(Cc1nnn([C@@H]2CCCC[C@@H]2O)n1)C(=O)c1ccccc1. The van der Waals surface area contributed by atoms with Crippen molar-refractivity contribution in [3.8, 4) is 0 Å². The fourth-order valence-electron chi connectivity index (χ4n) is 2.91. The van der Waals surface area contributed by atoms with Gasteiger partial charge in [-0.1, -0.05) is 31.0 Å². The Bertz CT molecular complexity index is 658. The second kappa shape index (κ2) is 6.87. The predicted molar refractivity (Wildman–Crippen MR) is 83.6 cm³/mol. The van der Waals surface area contributed by atoms with Crippen LogP contribution in [0.2, 0.25) is 0 Å². The monoisotopic (exact) mass is 315 g/mol. The van der Waals surface area contributed by atoms with Crippen LogP contribution in [0.1, 0.15) is 47.9 Å². The third kappa shape index (κ3) is 3.56. The summed E-state index contributed by atoms with van der Waals surface area (Å²) in [4.78, 5) is 15.4. The van der Waals surface area contributed by atoms with Gasteiger partial charge in [0, 0.05) is 12.6 Å². The third-order valence-corrected chi connectivity index (χ3v) is 4.21. The molecule has 1 aromatic carbocycles. The van der Waals surface area contributed by atoms with Crippen LogP contribution in [-0.2, 0) is 6.54 Å². The van der Waals surface area contributed by atoms with E-state index in [1.54, 1.807) is 24.1 Å². The fourth-order valence-corrected chi connectivity index (χ4v) is 2.91. The lowest BCUT2D eigenvalue weighted by molar-refractivity contribution is 0.0609. The molecule has 1 aromatic heterocycles.